The summed E-state index contributed by atoms with van der Waals surface area (Å²) in [4.78, 5) is 28.2. The molecule has 0 saturated carbocycles. The van der Waals surface area contributed by atoms with Gasteiger partial charge in [0.05, 0.1) is 16.6 Å². The third kappa shape index (κ3) is 3.36. The molecule has 0 unspecified atom stereocenters. The highest BCUT2D eigenvalue weighted by molar-refractivity contribution is 6.37. The zero-order valence-corrected chi connectivity index (χ0v) is 15.3. The molecule has 0 atom stereocenters. The van der Waals surface area contributed by atoms with Crippen LogP contribution >= 0.6 is 23.2 Å². The van der Waals surface area contributed by atoms with E-state index in [0.717, 1.165) is 0 Å². The fourth-order valence-corrected chi connectivity index (χ4v) is 3.18. The number of hydrogen-bond acceptors (Lipinski definition) is 3. The number of carboxylic acid groups (broad SMARTS) is 1. The standard InChI is InChI=1S/C19H14Cl2N2O3/c1-2-23-17-9-6-11(19(25)26)10-16(17)22-15(18(23)24)8-7-12-13(20)4-3-5-14(12)21/h3-10H,2H2,1H3,(H,25,26)/b8-7+. The number of rotatable bonds is 4. The average Bonchev–Trinajstić information content (AvgIpc) is 2.61. The second-order valence-electron chi connectivity index (χ2n) is 5.52. The van der Waals surface area contributed by atoms with Crippen molar-refractivity contribution in [1.29, 1.82) is 0 Å². The van der Waals surface area contributed by atoms with Crippen LogP contribution in [-0.4, -0.2) is 20.6 Å². The molecule has 1 heterocycles. The van der Waals surface area contributed by atoms with E-state index < -0.39 is 5.97 Å². The number of aromatic nitrogens is 2. The minimum absolute atomic E-state index is 0.107. The van der Waals surface area contributed by atoms with Gasteiger partial charge in [-0.25, -0.2) is 9.78 Å². The van der Waals surface area contributed by atoms with Gasteiger partial charge in [-0.15, -0.1) is 0 Å². The molecule has 1 N–H and O–H groups in total. The third-order valence-electron chi connectivity index (χ3n) is 3.94. The normalized spacial score (nSPS) is 11.3. The monoisotopic (exact) mass is 388 g/mol. The zero-order chi connectivity index (χ0) is 18.8. The zero-order valence-electron chi connectivity index (χ0n) is 13.7. The van der Waals surface area contributed by atoms with Crippen LogP contribution in [0.3, 0.4) is 0 Å². The van der Waals surface area contributed by atoms with Crippen LogP contribution < -0.4 is 5.56 Å². The van der Waals surface area contributed by atoms with Crippen molar-refractivity contribution in [2.24, 2.45) is 0 Å². The number of carbonyl (C=O) groups is 1. The maximum Gasteiger partial charge on any atom is 0.335 e. The van der Waals surface area contributed by atoms with Crippen LogP contribution in [0.5, 0.6) is 0 Å². The first-order valence-corrected chi connectivity index (χ1v) is 8.58. The van der Waals surface area contributed by atoms with Crippen LogP contribution in [0.15, 0.2) is 41.2 Å². The molecule has 1 aromatic heterocycles. The van der Waals surface area contributed by atoms with Crippen LogP contribution in [0.25, 0.3) is 23.2 Å². The number of aryl methyl sites for hydroxylation is 1. The van der Waals surface area contributed by atoms with E-state index in [-0.39, 0.29) is 16.8 Å². The number of benzene rings is 2. The van der Waals surface area contributed by atoms with E-state index in [0.29, 0.717) is 33.2 Å². The molecule has 0 spiro atoms. The first-order valence-electron chi connectivity index (χ1n) is 7.82. The van der Waals surface area contributed by atoms with Crippen molar-refractivity contribution in [2.45, 2.75) is 13.5 Å². The Hall–Kier alpha value is -2.63. The highest BCUT2D eigenvalue weighted by Crippen LogP contribution is 2.26. The molecule has 0 fully saturated rings. The largest absolute Gasteiger partial charge is 0.478 e. The Kier molecular flexibility index (Phi) is 5.11. The summed E-state index contributed by atoms with van der Waals surface area (Å²) in [6, 6.07) is 9.62. The summed E-state index contributed by atoms with van der Waals surface area (Å²) in [5, 5.41) is 10.1. The van der Waals surface area contributed by atoms with Crippen molar-refractivity contribution < 1.29 is 9.90 Å². The van der Waals surface area contributed by atoms with Crippen LogP contribution in [0.1, 0.15) is 28.5 Å². The smallest absolute Gasteiger partial charge is 0.335 e. The van der Waals surface area contributed by atoms with Gasteiger partial charge in [-0.3, -0.25) is 4.79 Å². The SMILES string of the molecule is CCn1c(=O)c(/C=C/c2c(Cl)cccc2Cl)nc2cc(C(=O)O)ccc21. The van der Waals surface area contributed by atoms with Gasteiger partial charge >= 0.3 is 5.97 Å². The molecule has 0 saturated heterocycles. The van der Waals surface area contributed by atoms with E-state index in [9.17, 15) is 9.59 Å². The lowest BCUT2D eigenvalue weighted by molar-refractivity contribution is 0.0697. The van der Waals surface area contributed by atoms with Gasteiger partial charge in [0.25, 0.3) is 5.56 Å². The van der Waals surface area contributed by atoms with Gasteiger partial charge in [-0.1, -0.05) is 29.3 Å². The van der Waals surface area contributed by atoms with Gasteiger partial charge in [0.2, 0.25) is 0 Å². The van der Waals surface area contributed by atoms with Gasteiger partial charge < -0.3 is 9.67 Å². The molecule has 0 aliphatic carbocycles. The van der Waals surface area contributed by atoms with Crippen molar-refractivity contribution >= 4 is 52.4 Å². The van der Waals surface area contributed by atoms with Gasteiger partial charge in [-0.05, 0) is 49.4 Å². The molecule has 0 amide bonds. The molecular formula is C19H14Cl2N2O3. The van der Waals surface area contributed by atoms with E-state index >= 15 is 0 Å². The minimum atomic E-state index is -1.05. The number of aromatic carboxylic acids is 1. The van der Waals surface area contributed by atoms with Gasteiger partial charge in [0, 0.05) is 22.2 Å². The lowest BCUT2D eigenvalue weighted by Crippen LogP contribution is -2.23. The number of fused-ring (bicyclic) bond motifs is 1. The fourth-order valence-electron chi connectivity index (χ4n) is 2.65. The number of hydrogen-bond donors (Lipinski definition) is 1. The second-order valence-corrected chi connectivity index (χ2v) is 6.34. The Balaban J connectivity index is 2.19. The summed E-state index contributed by atoms with van der Waals surface area (Å²) >= 11 is 12.3. The Bertz CT molecular complexity index is 1080. The van der Waals surface area contributed by atoms with Gasteiger partial charge in [0.15, 0.2) is 0 Å². The summed E-state index contributed by atoms with van der Waals surface area (Å²) in [7, 11) is 0. The average molecular weight is 389 g/mol. The van der Waals surface area contributed by atoms with Crippen molar-refractivity contribution in [3.8, 4) is 0 Å². The molecular weight excluding hydrogens is 375 g/mol. The summed E-state index contributed by atoms with van der Waals surface area (Å²) in [6.45, 7) is 2.27. The minimum Gasteiger partial charge on any atom is -0.478 e. The maximum atomic E-state index is 12.7. The third-order valence-corrected chi connectivity index (χ3v) is 4.60. The van der Waals surface area contributed by atoms with Crippen molar-refractivity contribution in [3.63, 3.8) is 0 Å². The summed E-state index contributed by atoms with van der Waals surface area (Å²) in [6.07, 6.45) is 3.16. The van der Waals surface area contributed by atoms with Gasteiger partial charge in [-0.2, -0.15) is 0 Å². The lowest BCUT2D eigenvalue weighted by atomic mass is 10.1. The number of nitrogens with zero attached hydrogens (tertiary/aromatic N) is 2. The van der Waals surface area contributed by atoms with E-state index in [2.05, 4.69) is 4.98 Å². The molecule has 3 aromatic rings. The maximum absolute atomic E-state index is 12.7. The molecule has 3 rings (SSSR count). The van der Waals surface area contributed by atoms with E-state index in [4.69, 9.17) is 28.3 Å². The molecule has 5 nitrogen and oxygen atoms in total. The topological polar surface area (TPSA) is 72.2 Å². The summed E-state index contributed by atoms with van der Waals surface area (Å²) in [5.41, 5.74) is 1.60. The number of carboxylic acids is 1. The Labute approximate surface area is 159 Å². The van der Waals surface area contributed by atoms with E-state index in [1.165, 1.54) is 18.2 Å². The van der Waals surface area contributed by atoms with Crippen molar-refractivity contribution in [3.05, 3.63) is 73.6 Å². The second kappa shape index (κ2) is 7.32. The lowest BCUT2D eigenvalue weighted by Gasteiger charge is -2.09. The Morgan fingerprint density at radius 3 is 2.50 bits per heavy atom. The van der Waals surface area contributed by atoms with Crippen molar-refractivity contribution in [2.75, 3.05) is 0 Å². The molecule has 0 bridgehead atoms. The highest BCUT2D eigenvalue weighted by Gasteiger charge is 2.11. The predicted octanol–water partition coefficient (Wildman–Crippen LogP) is 4.59. The van der Waals surface area contributed by atoms with E-state index in [1.807, 2.05) is 6.92 Å². The predicted molar refractivity (Wildman–Crippen MR) is 104 cm³/mol. The highest BCUT2D eigenvalue weighted by atomic mass is 35.5. The van der Waals surface area contributed by atoms with Crippen LogP contribution in [0.2, 0.25) is 10.0 Å². The van der Waals surface area contributed by atoms with Gasteiger partial charge in [0.1, 0.15) is 5.69 Å². The molecule has 0 radical (unpaired) electrons. The van der Waals surface area contributed by atoms with E-state index in [1.54, 1.807) is 34.9 Å². The Morgan fingerprint density at radius 2 is 1.88 bits per heavy atom. The molecule has 26 heavy (non-hydrogen) atoms. The quantitative estimate of drug-likeness (QED) is 0.708. The summed E-state index contributed by atoms with van der Waals surface area (Å²) < 4.78 is 1.54. The molecule has 2 aromatic carbocycles. The molecule has 7 heteroatoms. The summed E-state index contributed by atoms with van der Waals surface area (Å²) in [5.74, 6) is -1.05. The fraction of sp³-hybridized carbons (Fsp3) is 0.105. The first kappa shape index (κ1) is 18.2. The van der Waals surface area contributed by atoms with Crippen LogP contribution in [0.4, 0.5) is 0 Å². The van der Waals surface area contributed by atoms with Crippen LogP contribution in [0, 0.1) is 0 Å². The number of halogens is 2. The first-order chi connectivity index (χ1) is 12.4. The van der Waals surface area contributed by atoms with Crippen molar-refractivity contribution in [1.82, 2.24) is 9.55 Å². The molecule has 0 aliphatic heterocycles. The Morgan fingerprint density at radius 1 is 1.19 bits per heavy atom. The molecule has 0 aliphatic rings. The van der Waals surface area contributed by atoms with Crippen LogP contribution in [-0.2, 0) is 6.54 Å². The molecule has 132 valence electrons.